The Kier molecular flexibility index (Phi) is 7.10. The van der Waals surface area contributed by atoms with E-state index >= 15 is 0 Å². The van der Waals surface area contributed by atoms with Crippen molar-refractivity contribution in [3.63, 3.8) is 0 Å². The topological polar surface area (TPSA) is 80.8 Å². The van der Waals surface area contributed by atoms with E-state index in [2.05, 4.69) is 22.2 Å². The van der Waals surface area contributed by atoms with Crippen molar-refractivity contribution in [3.8, 4) is 11.8 Å². The second-order valence-corrected chi connectivity index (χ2v) is 9.25. The molecule has 7 heteroatoms. The lowest BCUT2D eigenvalue weighted by Crippen LogP contribution is -2.39. The number of piperidine rings is 1. The number of nitriles is 1. The third-order valence-corrected chi connectivity index (χ3v) is 6.96. The zero-order chi connectivity index (χ0) is 23.3. The van der Waals surface area contributed by atoms with Crippen molar-refractivity contribution in [1.82, 2.24) is 10.1 Å². The SMILES string of the molecule is Cc1c(OCc2cccc(C#N)c2)ccc2c(CCC3CCN(CC4OCCO4)CC3)noc12. The van der Waals surface area contributed by atoms with Gasteiger partial charge in [0.2, 0.25) is 0 Å². The fraction of sp³-hybridized carbons (Fsp3) is 0.481. The van der Waals surface area contributed by atoms with Crippen molar-refractivity contribution >= 4 is 11.0 Å². The molecule has 178 valence electrons. The Bertz CT molecular complexity index is 1150. The van der Waals surface area contributed by atoms with Crippen molar-refractivity contribution < 1.29 is 18.7 Å². The Morgan fingerprint density at radius 1 is 1.15 bits per heavy atom. The molecule has 0 spiro atoms. The van der Waals surface area contributed by atoms with Gasteiger partial charge in [0, 0.05) is 17.5 Å². The van der Waals surface area contributed by atoms with Gasteiger partial charge in [0.05, 0.1) is 30.5 Å². The van der Waals surface area contributed by atoms with Crippen LogP contribution in [-0.4, -0.2) is 49.2 Å². The summed E-state index contributed by atoms with van der Waals surface area (Å²) in [6, 6.07) is 13.7. The van der Waals surface area contributed by atoms with Crippen molar-refractivity contribution in [2.24, 2.45) is 5.92 Å². The zero-order valence-corrected chi connectivity index (χ0v) is 19.7. The Morgan fingerprint density at radius 2 is 1.97 bits per heavy atom. The van der Waals surface area contributed by atoms with E-state index in [4.69, 9.17) is 24.0 Å². The quantitative estimate of drug-likeness (QED) is 0.485. The first-order chi connectivity index (χ1) is 16.7. The van der Waals surface area contributed by atoms with Crippen molar-refractivity contribution in [2.45, 2.75) is 45.5 Å². The molecule has 1 aromatic heterocycles. The number of likely N-dealkylation sites (tertiary alicyclic amines) is 1. The number of hydrogen-bond acceptors (Lipinski definition) is 7. The Morgan fingerprint density at radius 3 is 2.76 bits per heavy atom. The molecule has 0 N–H and O–H groups in total. The minimum Gasteiger partial charge on any atom is -0.488 e. The maximum Gasteiger partial charge on any atom is 0.173 e. The van der Waals surface area contributed by atoms with Gasteiger partial charge in [-0.25, -0.2) is 0 Å². The number of hydrogen-bond donors (Lipinski definition) is 0. The lowest BCUT2D eigenvalue weighted by molar-refractivity contribution is -0.0661. The van der Waals surface area contributed by atoms with Crippen molar-refractivity contribution in [3.05, 3.63) is 58.8 Å². The lowest BCUT2D eigenvalue weighted by atomic mass is 9.91. The summed E-state index contributed by atoms with van der Waals surface area (Å²) in [5.74, 6) is 1.49. The van der Waals surface area contributed by atoms with Crippen LogP contribution in [0.4, 0.5) is 0 Å². The first kappa shape index (κ1) is 22.9. The van der Waals surface area contributed by atoms with Crippen LogP contribution >= 0.6 is 0 Å². The van der Waals surface area contributed by atoms with Gasteiger partial charge in [-0.2, -0.15) is 5.26 Å². The summed E-state index contributed by atoms with van der Waals surface area (Å²) in [5.41, 5.74) is 4.38. The molecule has 2 fully saturated rings. The maximum atomic E-state index is 9.08. The van der Waals surface area contributed by atoms with Gasteiger partial charge in [0.15, 0.2) is 11.9 Å². The first-order valence-electron chi connectivity index (χ1n) is 12.1. The molecule has 7 nitrogen and oxygen atoms in total. The van der Waals surface area contributed by atoms with Gasteiger partial charge in [0.1, 0.15) is 12.4 Å². The number of fused-ring (bicyclic) bond motifs is 1. The van der Waals surface area contributed by atoms with Crippen LogP contribution in [0.15, 0.2) is 40.9 Å². The molecule has 34 heavy (non-hydrogen) atoms. The standard InChI is InChI=1S/C27H31N3O4/c1-19-25(33-18-22-4-2-3-21(15-22)16-28)8-6-23-24(29-34-27(19)23)7-5-20-9-11-30(12-10-20)17-26-31-13-14-32-26/h2-4,6,8,15,20,26H,5,7,9-14,17-18H2,1H3. The van der Waals surface area contributed by atoms with Crippen LogP contribution < -0.4 is 4.74 Å². The van der Waals surface area contributed by atoms with E-state index in [1.807, 2.05) is 31.2 Å². The van der Waals surface area contributed by atoms with E-state index in [-0.39, 0.29) is 6.29 Å². The summed E-state index contributed by atoms with van der Waals surface area (Å²) in [6.45, 7) is 6.93. The molecule has 0 saturated carbocycles. The number of aryl methyl sites for hydroxylation is 2. The predicted octanol–water partition coefficient (Wildman–Crippen LogP) is 4.60. The number of rotatable bonds is 8. The summed E-state index contributed by atoms with van der Waals surface area (Å²) in [7, 11) is 0. The molecular formula is C27H31N3O4. The third kappa shape index (κ3) is 5.25. The van der Waals surface area contributed by atoms with Gasteiger partial charge < -0.3 is 18.7 Å². The first-order valence-corrected chi connectivity index (χ1v) is 12.1. The highest BCUT2D eigenvalue weighted by Crippen LogP contribution is 2.31. The summed E-state index contributed by atoms with van der Waals surface area (Å²) in [6.07, 6.45) is 4.41. The van der Waals surface area contributed by atoms with Crippen molar-refractivity contribution in [1.29, 1.82) is 5.26 Å². The highest BCUT2D eigenvalue weighted by atomic mass is 16.7. The van der Waals surface area contributed by atoms with Gasteiger partial charge >= 0.3 is 0 Å². The smallest absolute Gasteiger partial charge is 0.173 e. The second kappa shape index (κ2) is 10.6. The van der Waals surface area contributed by atoms with E-state index in [1.54, 1.807) is 6.07 Å². The van der Waals surface area contributed by atoms with Crippen LogP contribution in [0.1, 0.15) is 41.6 Å². The monoisotopic (exact) mass is 461 g/mol. The summed E-state index contributed by atoms with van der Waals surface area (Å²) in [5, 5.41) is 14.6. The molecule has 2 aromatic carbocycles. The van der Waals surface area contributed by atoms with Crippen LogP contribution in [0.2, 0.25) is 0 Å². The average molecular weight is 462 g/mol. The summed E-state index contributed by atoms with van der Waals surface area (Å²) >= 11 is 0. The van der Waals surface area contributed by atoms with E-state index in [1.165, 1.54) is 12.8 Å². The minimum atomic E-state index is -0.0436. The molecule has 2 saturated heterocycles. The molecule has 5 rings (SSSR count). The zero-order valence-electron chi connectivity index (χ0n) is 19.7. The van der Waals surface area contributed by atoms with Crippen LogP contribution in [0, 0.1) is 24.2 Å². The van der Waals surface area contributed by atoms with Gasteiger partial charge in [-0.15, -0.1) is 0 Å². The average Bonchev–Trinajstić information content (AvgIpc) is 3.54. The Balaban J connectivity index is 1.15. The van der Waals surface area contributed by atoms with E-state index in [9.17, 15) is 0 Å². The molecule has 3 heterocycles. The lowest BCUT2D eigenvalue weighted by Gasteiger charge is -2.32. The highest BCUT2D eigenvalue weighted by molar-refractivity contribution is 5.84. The molecule has 0 atom stereocenters. The van der Waals surface area contributed by atoms with Gasteiger partial charge in [-0.3, -0.25) is 4.90 Å². The number of nitrogens with zero attached hydrogens (tertiary/aromatic N) is 3. The molecular weight excluding hydrogens is 430 g/mol. The number of ether oxygens (including phenoxy) is 3. The molecule has 0 unspecified atom stereocenters. The van der Waals surface area contributed by atoms with Gasteiger partial charge in [-0.05, 0) is 81.4 Å². The fourth-order valence-corrected chi connectivity index (χ4v) is 4.92. The van der Waals surface area contributed by atoms with E-state index < -0.39 is 0 Å². The molecule has 0 bridgehead atoms. The molecule has 0 aliphatic carbocycles. The van der Waals surface area contributed by atoms with E-state index in [0.717, 1.165) is 79.2 Å². The van der Waals surface area contributed by atoms with Gasteiger partial charge in [-0.1, -0.05) is 17.3 Å². The largest absolute Gasteiger partial charge is 0.488 e. The maximum absolute atomic E-state index is 9.08. The van der Waals surface area contributed by atoms with Crippen LogP contribution in [0.25, 0.3) is 11.0 Å². The fourth-order valence-electron chi connectivity index (χ4n) is 4.92. The van der Waals surface area contributed by atoms with Crippen LogP contribution in [0.3, 0.4) is 0 Å². The van der Waals surface area contributed by atoms with Crippen LogP contribution in [0.5, 0.6) is 5.75 Å². The molecule has 0 amide bonds. The van der Waals surface area contributed by atoms with Crippen LogP contribution in [-0.2, 0) is 22.5 Å². The van der Waals surface area contributed by atoms with E-state index in [0.29, 0.717) is 18.1 Å². The number of benzene rings is 2. The number of aromatic nitrogens is 1. The minimum absolute atomic E-state index is 0.0436. The Hall–Kier alpha value is -2.92. The van der Waals surface area contributed by atoms with Crippen molar-refractivity contribution in [2.75, 3.05) is 32.8 Å². The molecule has 2 aliphatic heterocycles. The molecule has 3 aromatic rings. The third-order valence-electron chi connectivity index (χ3n) is 6.96. The normalized spacial score (nSPS) is 17.9. The second-order valence-electron chi connectivity index (χ2n) is 9.25. The highest BCUT2D eigenvalue weighted by Gasteiger charge is 2.25. The molecule has 2 aliphatic rings. The Labute approximate surface area is 200 Å². The molecule has 0 radical (unpaired) electrons. The summed E-state index contributed by atoms with van der Waals surface area (Å²) < 4.78 is 22.9. The predicted molar refractivity (Wildman–Crippen MR) is 127 cm³/mol. The summed E-state index contributed by atoms with van der Waals surface area (Å²) in [4.78, 5) is 2.46. The van der Waals surface area contributed by atoms with Gasteiger partial charge in [0.25, 0.3) is 0 Å².